The fourth-order valence-electron chi connectivity index (χ4n) is 2.50. The maximum Gasteiger partial charge on any atom is 0.247 e. The Labute approximate surface area is 164 Å². The van der Waals surface area contributed by atoms with E-state index in [0.29, 0.717) is 23.3 Å². The number of hydrogen-bond acceptors (Lipinski definition) is 6. The molecule has 0 unspecified atom stereocenters. The van der Waals surface area contributed by atoms with E-state index in [-0.39, 0.29) is 0 Å². The van der Waals surface area contributed by atoms with Crippen LogP contribution in [0.4, 0.5) is 17.5 Å². The van der Waals surface area contributed by atoms with Crippen molar-refractivity contribution in [1.82, 2.24) is 25.1 Å². The molecule has 0 saturated heterocycles. The van der Waals surface area contributed by atoms with E-state index in [9.17, 15) is 0 Å². The van der Waals surface area contributed by atoms with Crippen LogP contribution in [-0.4, -0.2) is 30.1 Å². The zero-order valence-corrected chi connectivity index (χ0v) is 16.5. The van der Waals surface area contributed by atoms with Crippen molar-refractivity contribution in [2.24, 2.45) is 0 Å². The van der Waals surface area contributed by atoms with Crippen LogP contribution in [0.1, 0.15) is 5.82 Å². The number of benzene rings is 2. The average molecular weight is 459 g/mol. The summed E-state index contributed by atoms with van der Waals surface area (Å²) < 4.78 is 0. The molecule has 0 spiro atoms. The minimum absolute atomic E-state index is 0.461. The van der Waals surface area contributed by atoms with Crippen LogP contribution in [0, 0.1) is 6.92 Å². The highest BCUT2D eigenvalue weighted by Gasteiger charge is 2.12. The first-order valence-electron chi connectivity index (χ1n) is 7.86. The molecule has 2 heterocycles. The number of nitrogens with one attached hydrogen (secondary N) is 2. The highest BCUT2D eigenvalue weighted by atomic mass is 127. The fraction of sp³-hybridized carbons (Fsp3) is 0.111. The molecule has 2 aromatic carbocycles. The number of anilines is 3. The predicted molar refractivity (Wildman–Crippen MR) is 114 cm³/mol. The number of alkyl halides is 1. The number of para-hydroxylation sites is 2. The summed E-state index contributed by atoms with van der Waals surface area (Å²) in [6, 6.07) is 15.3. The van der Waals surface area contributed by atoms with E-state index in [1.165, 1.54) is 0 Å². The lowest BCUT2D eigenvalue weighted by Crippen LogP contribution is -2.01. The van der Waals surface area contributed by atoms with Gasteiger partial charge in [-0.25, -0.2) is 9.97 Å². The molecule has 0 atom stereocenters. The first-order chi connectivity index (χ1) is 12.7. The van der Waals surface area contributed by atoms with Crippen LogP contribution >= 0.6 is 22.6 Å². The van der Waals surface area contributed by atoms with E-state index in [2.05, 4.69) is 53.1 Å². The molecule has 8 heteroatoms. The molecule has 4 rings (SSSR count). The second kappa shape index (κ2) is 8.09. The Kier molecular flexibility index (Phi) is 5.61. The topological polar surface area (TPSA) is 105 Å². The highest BCUT2D eigenvalue weighted by Crippen LogP contribution is 2.28. The van der Waals surface area contributed by atoms with E-state index in [0.717, 1.165) is 22.3 Å². The Morgan fingerprint density at radius 2 is 1.69 bits per heavy atom. The molecule has 0 amide bonds. The van der Waals surface area contributed by atoms with E-state index >= 15 is 0 Å². The van der Waals surface area contributed by atoms with Gasteiger partial charge in [-0.2, -0.15) is 4.98 Å². The first kappa shape index (κ1) is 18.1. The molecular formula is C18H18IN7. The summed E-state index contributed by atoms with van der Waals surface area (Å²) in [7, 11) is 0. The standard InChI is InChI=1S/C17H15N7.CH3I/c1-10-19-17(24-23-10)22-16-12-7-3-5-9-14(12)20-15(21-16)11-6-2-4-8-13(11)18;1-2/h2-9H,18H2,1H3,(H2,19,20,21,22,23,24);1H3. The van der Waals surface area contributed by atoms with Crippen molar-refractivity contribution in [1.29, 1.82) is 0 Å². The molecule has 0 aliphatic rings. The Morgan fingerprint density at radius 3 is 2.42 bits per heavy atom. The molecule has 4 N–H and O–H groups in total. The molecule has 0 aliphatic heterocycles. The number of halogens is 1. The van der Waals surface area contributed by atoms with Gasteiger partial charge in [0.2, 0.25) is 5.95 Å². The molecule has 2 aromatic heterocycles. The predicted octanol–water partition coefficient (Wildman–Crippen LogP) is 4.10. The van der Waals surface area contributed by atoms with Gasteiger partial charge in [-0.1, -0.05) is 46.9 Å². The fourth-order valence-corrected chi connectivity index (χ4v) is 2.50. The highest BCUT2D eigenvalue weighted by molar-refractivity contribution is 14.1. The lowest BCUT2D eigenvalue weighted by Gasteiger charge is -2.10. The van der Waals surface area contributed by atoms with Crippen molar-refractivity contribution in [3.8, 4) is 11.4 Å². The average Bonchev–Trinajstić information content (AvgIpc) is 3.08. The molecule has 0 fully saturated rings. The van der Waals surface area contributed by atoms with Crippen LogP contribution in [-0.2, 0) is 0 Å². The molecule has 26 heavy (non-hydrogen) atoms. The minimum Gasteiger partial charge on any atom is -0.398 e. The number of aromatic nitrogens is 5. The normalized spacial score (nSPS) is 10.3. The van der Waals surface area contributed by atoms with Crippen molar-refractivity contribution in [2.45, 2.75) is 6.92 Å². The van der Waals surface area contributed by atoms with E-state index in [4.69, 9.17) is 5.73 Å². The molecule has 132 valence electrons. The molecule has 0 bridgehead atoms. The van der Waals surface area contributed by atoms with Gasteiger partial charge in [0, 0.05) is 16.6 Å². The van der Waals surface area contributed by atoms with E-state index < -0.39 is 0 Å². The molecule has 0 radical (unpaired) electrons. The Bertz CT molecular complexity index is 1030. The first-order valence-corrected chi connectivity index (χ1v) is 10.0. The van der Waals surface area contributed by atoms with Crippen LogP contribution in [0.15, 0.2) is 48.5 Å². The molecule has 0 saturated carbocycles. The van der Waals surface area contributed by atoms with Gasteiger partial charge < -0.3 is 11.1 Å². The van der Waals surface area contributed by atoms with Crippen LogP contribution in [0.25, 0.3) is 22.3 Å². The van der Waals surface area contributed by atoms with Crippen LogP contribution in [0.3, 0.4) is 0 Å². The van der Waals surface area contributed by atoms with Crippen molar-refractivity contribution in [3.05, 3.63) is 54.4 Å². The van der Waals surface area contributed by atoms with Crippen molar-refractivity contribution in [3.63, 3.8) is 0 Å². The quantitative estimate of drug-likeness (QED) is 0.242. The number of fused-ring (bicyclic) bond motifs is 1. The Hall–Kier alpha value is -2.75. The van der Waals surface area contributed by atoms with Crippen LogP contribution < -0.4 is 11.1 Å². The number of nitrogens with two attached hydrogens (primary N) is 1. The maximum absolute atomic E-state index is 6.07. The lowest BCUT2D eigenvalue weighted by molar-refractivity contribution is 1.04. The van der Waals surface area contributed by atoms with E-state index in [1.54, 1.807) is 0 Å². The van der Waals surface area contributed by atoms with Crippen LogP contribution in [0.2, 0.25) is 0 Å². The van der Waals surface area contributed by atoms with Gasteiger partial charge in [0.05, 0.1) is 5.52 Å². The summed E-state index contributed by atoms with van der Waals surface area (Å²) in [6.07, 6.45) is 0. The van der Waals surface area contributed by atoms with Crippen molar-refractivity contribution < 1.29 is 0 Å². The lowest BCUT2D eigenvalue weighted by atomic mass is 10.1. The van der Waals surface area contributed by atoms with Gasteiger partial charge in [-0.15, -0.1) is 5.10 Å². The van der Waals surface area contributed by atoms with Gasteiger partial charge >= 0.3 is 0 Å². The number of nitrogens with zero attached hydrogens (tertiary/aromatic N) is 4. The molecule has 7 nitrogen and oxygen atoms in total. The molecular weight excluding hydrogens is 441 g/mol. The zero-order valence-electron chi connectivity index (χ0n) is 14.4. The van der Waals surface area contributed by atoms with Gasteiger partial charge in [-0.3, -0.25) is 5.10 Å². The summed E-state index contributed by atoms with van der Waals surface area (Å²) in [5.74, 6) is 2.38. The number of aromatic amines is 1. The van der Waals surface area contributed by atoms with Gasteiger partial charge in [0.15, 0.2) is 5.82 Å². The maximum atomic E-state index is 6.07. The SMILES string of the molecule is CI.Cc1nc(Nc2nc(-c3ccccc3N)nc3ccccc23)n[nH]1. The summed E-state index contributed by atoms with van der Waals surface area (Å²) in [6.45, 7) is 1.84. The number of H-pyrrole nitrogens is 1. The third-order valence-corrected chi connectivity index (χ3v) is 3.63. The molecule has 4 aromatic rings. The molecule has 0 aliphatic carbocycles. The van der Waals surface area contributed by atoms with Crippen molar-refractivity contribution in [2.75, 3.05) is 16.0 Å². The number of nitrogen functional groups attached to an aromatic ring is 1. The summed E-state index contributed by atoms with van der Waals surface area (Å²) in [4.78, 5) is 15.5. The second-order valence-corrected chi connectivity index (χ2v) is 5.37. The largest absolute Gasteiger partial charge is 0.398 e. The van der Waals surface area contributed by atoms with Gasteiger partial charge in [-0.05, 0) is 36.1 Å². The third-order valence-electron chi connectivity index (χ3n) is 3.63. The number of aryl methyl sites for hydroxylation is 1. The monoisotopic (exact) mass is 459 g/mol. The third kappa shape index (κ3) is 3.74. The number of hydrogen-bond donors (Lipinski definition) is 3. The zero-order chi connectivity index (χ0) is 18.5. The smallest absolute Gasteiger partial charge is 0.247 e. The van der Waals surface area contributed by atoms with E-state index in [1.807, 2.05) is 60.4 Å². The second-order valence-electron chi connectivity index (χ2n) is 5.37. The van der Waals surface area contributed by atoms with Crippen LogP contribution in [0.5, 0.6) is 0 Å². The summed E-state index contributed by atoms with van der Waals surface area (Å²) in [5, 5.41) is 11.0. The Balaban J connectivity index is 0.000000948. The minimum atomic E-state index is 0.461. The number of rotatable bonds is 3. The summed E-state index contributed by atoms with van der Waals surface area (Å²) >= 11 is 2.15. The Morgan fingerprint density at radius 1 is 0.962 bits per heavy atom. The van der Waals surface area contributed by atoms with Crippen molar-refractivity contribution >= 4 is 50.9 Å². The summed E-state index contributed by atoms with van der Waals surface area (Å²) in [5.41, 5.74) is 8.31. The van der Waals surface area contributed by atoms with Gasteiger partial charge in [0.25, 0.3) is 0 Å². The van der Waals surface area contributed by atoms with Gasteiger partial charge in [0.1, 0.15) is 11.6 Å².